The molecule has 1 heterocycles. The summed E-state index contributed by atoms with van der Waals surface area (Å²) in [4.78, 5) is 27.6. The van der Waals surface area contributed by atoms with Crippen LogP contribution in [0.4, 0.5) is 4.79 Å². The van der Waals surface area contributed by atoms with Crippen LogP contribution in [0.25, 0.3) is 0 Å². The van der Waals surface area contributed by atoms with Gasteiger partial charge in [-0.05, 0) is 44.9 Å². The number of benzene rings is 1. The first kappa shape index (κ1) is 24.6. The predicted molar refractivity (Wildman–Crippen MR) is 120 cm³/mol. The summed E-state index contributed by atoms with van der Waals surface area (Å²) >= 11 is 0. The van der Waals surface area contributed by atoms with Crippen molar-refractivity contribution in [3.8, 4) is 17.2 Å². The molecular weight excluding hydrogens is 398 g/mol. The number of amides is 3. The maximum absolute atomic E-state index is 13.0. The Morgan fingerprint density at radius 1 is 1.06 bits per heavy atom. The van der Waals surface area contributed by atoms with Crippen molar-refractivity contribution in [3.63, 3.8) is 0 Å². The SMILES string of the molecule is CCCCNC(=O)[C@H]1CN(C(=O)NC(C)(C)C)C[C@@H]1c1cc(OC)c(OC)c(OC)c1. The minimum Gasteiger partial charge on any atom is -0.493 e. The first-order valence-electron chi connectivity index (χ1n) is 10.8. The molecule has 174 valence electrons. The Morgan fingerprint density at radius 2 is 1.68 bits per heavy atom. The molecule has 8 nitrogen and oxygen atoms in total. The van der Waals surface area contributed by atoms with Gasteiger partial charge >= 0.3 is 6.03 Å². The van der Waals surface area contributed by atoms with E-state index in [1.54, 1.807) is 26.2 Å². The molecule has 31 heavy (non-hydrogen) atoms. The molecule has 2 N–H and O–H groups in total. The number of hydrogen-bond acceptors (Lipinski definition) is 5. The van der Waals surface area contributed by atoms with Crippen molar-refractivity contribution < 1.29 is 23.8 Å². The van der Waals surface area contributed by atoms with Crippen LogP contribution >= 0.6 is 0 Å². The van der Waals surface area contributed by atoms with Gasteiger partial charge in [0.25, 0.3) is 0 Å². The summed E-state index contributed by atoms with van der Waals surface area (Å²) < 4.78 is 16.4. The molecule has 0 radical (unpaired) electrons. The Morgan fingerprint density at radius 3 is 2.16 bits per heavy atom. The highest BCUT2D eigenvalue weighted by Gasteiger charge is 2.41. The number of carbonyl (C=O) groups is 2. The molecule has 0 spiro atoms. The van der Waals surface area contributed by atoms with Crippen LogP contribution in [0.5, 0.6) is 17.2 Å². The van der Waals surface area contributed by atoms with E-state index in [1.165, 1.54) is 0 Å². The molecule has 1 aliphatic heterocycles. The number of urea groups is 1. The van der Waals surface area contributed by atoms with Crippen molar-refractivity contribution in [2.45, 2.75) is 52.0 Å². The van der Waals surface area contributed by atoms with Gasteiger partial charge in [-0.3, -0.25) is 4.79 Å². The van der Waals surface area contributed by atoms with Crippen molar-refractivity contribution in [3.05, 3.63) is 17.7 Å². The molecule has 0 aromatic heterocycles. The molecule has 0 unspecified atom stereocenters. The van der Waals surface area contributed by atoms with Gasteiger partial charge in [0, 0.05) is 31.1 Å². The standard InChI is InChI=1S/C23H37N3O5/c1-8-9-10-24-21(27)17-14-26(22(28)25-23(2,3)4)13-16(17)15-11-18(29-5)20(31-7)19(12-15)30-6/h11-12,16-17H,8-10,13-14H2,1-7H3,(H,24,27)(H,25,28)/t16-,17+/m1/s1. The maximum Gasteiger partial charge on any atom is 0.317 e. The predicted octanol–water partition coefficient (Wildman–Crippen LogP) is 3.15. The number of methoxy groups -OCH3 is 3. The highest BCUT2D eigenvalue weighted by Crippen LogP contribution is 2.43. The van der Waals surface area contributed by atoms with Crippen molar-refractivity contribution in [2.24, 2.45) is 5.92 Å². The summed E-state index contributed by atoms with van der Waals surface area (Å²) in [5.41, 5.74) is 0.511. The van der Waals surface area contributed by atoms with Crippen LogP contribution in [0.2, 0.25) is 0 Å². The number of ether oxygens (including phenoxy) is 3. The zero-order chi connectivity index (χ0) is 23.2. The third kappa shape index (κ3) is 6.18. The van der Waals surface area contributed by atoms with Gasteiger partial charge in [0.15, 0.2) is 11.5 Å². The summed E-state index contributed by atoms with van der Waals surface area (Å²) in [5.74, 6) is 0.946. The van der Waals surface area contributed by atoms with Crippen molar-refractivity contribution >= 4 is 11.9 Å². The Kier molecular flexibility index (Phi) is 8.42. The van der Waals surface area contributed by atoms with E-state index in [0.717, 1.165) is 18.4 Å². The summed E-state index contributed by atoms with van der Waals surface area (Å²) in [7, 11) is 4.68. The Bertz CT molecular complexity index is 750. The molecule has 0 aliphatic carbocycles. The molecule has 1 aromatic carbocycles. The van der Waals surface area contributed by atoms with Crippen molar-refractivity contribution in [1.82, 2.24) is 15.5 Å². The third-order valence-corrected chi connectivity index (χ3v) is 5.37. The van der Waals surface area contributed by atoms with Gasteiger partial charge < -0.3 is 29.7 Å². The average molecular weight is 436 g/mol. The van der Waals surface area contributed by atoms with Crippen LogP contribution < -0.4 is 24.8 Å². The highest BCUT2D eigenvalue weighted by atomic mass is 16.5. The number of hydrogen-bond donors (Lipinski definition) is 2. The summed E-state index contributed by atoms with van der Waals surface area (Å²) in [5, 5.41) is 6.02. The van der Waals surface area contributed by atoms with Gasteiger partial charge in [0.2, 0.25) is 11.7 Å². The molecule has 1 aromatic rings. The number of likely N-dealkylation sites (tertiary alicyclic amines) is 1. The highest BCUT2D eigenvalue weighted by molar-refractivity contribution is 5.83. The van der Waals surface area contributed by atoms with Gasteiger partial charge in [-0.25, -0.2) is 4.79 Å². The Balaban J connectivity index is 2.38. The average Bonchev–Trinajstić information content (AvgIpc) is 3.17. The van der Waals surface area contributed by atoms with E-state index in [0.29, 0.717) is 36.9 Å². The van der Waals surface area contributed by atoms with Crippen LogP contribution in [0, 0.1) is 5.92 Å². The number of carbonyl (C=O) groups excluding carboxylic acids is 2. The van der Waals surface area contributed by atoms with Crippen LogP contribution in [0.15, 0.2) is 12.1 Å². The third-order valence-electron chi connectivity index (χ3n) is 5.37. The molecule has 1 saturated heterocycles. The number of nitrogens with one attached hydrogen (secondary N) is 2. The van der Waals surface area contributed by atoms with Gasteiger partial charge in [0.05, 0.1) is 27.2 Å². The molecule has 2 rings (SSSR count). The quantitative estimate of drug-likeness (QED) is 0.613. The molecular formula is C23H37N3O5. The monoisotopic (exact) mass is 435 g/mol. The first-order chi connectivity index (χ1) is 14.6. The van der Waals surface area contributed by atoms with Gasteiger partial charge in [-0.2, -0.15) is 0 Å². The fourth-order valence-electron chi connectivity index (χ4n) is 3.81. The molecule has 1 fully saturated rings. The van der Waals surface area contributed by atoms with E-state index in [1.807, 2.05) is 32.9 Å². The summed E-state index contributed by atoms with van der Waals surface area (Å²) in [6.07, 6.45) is 1.92. The zero-order valence-corrected chi connectivity index (χ0v) is 19.8. The lowest BCUT2D eigenvalue weighted by molar-refractivity contribution is -0.124. The van der Waals surface area contributed by atoms with Crippen LogP contribution in [-0.4, -0.2) is 63.3 Å². The lowest BCUT2D eigenvalue weighted by Gasteiger charge is -2.25. The minimum atomic E-state index is -0.370. The second-order valence-corrected chi connectivity index (χ2v) is 8.90. The van der Waals surface area contributed by atoms with Gasteiger partial charge in [-0.1, -0.05) is 13.3 Å². The molecule has 3 amide bonds. The lowest BCUT2D eigenvalue weighted by atomic mass is 9.88. The second kappa shape index (κ2) is 10.6. The number of rotatable bonds is 8. The van der Waals surface area contributed by atoms with Crippen molar-refractivity contribution in [2.75, 3.05) is 41.0 Å². The number of unbranched alkanes of at least 4 members (excludes halogenated alkanes) is 1. The normalized spacial score (nSPS) is 18.5. The second-order valence-electron chi connectivity index (χ2n) is 8.90. The van der Waals surface area contributed by atoms with E-state index in [4.69, 9.17) is 14.2 Å². The lowest BCUT2D eigenvalue weighted by Crippen LogP contribution is -2.48. The topological polar surface area (TPSA) is 89.1 Å². The van der Waals surface area contributed by atoms with E-state index < -0.39 is 0 Å². The maximum atomic E-state index is 13.0. The van der Waals surface area contributed by atoms with Crippen molar-refractivity contribution in [1.29, 1.82) is 0 Å². The zero-order valence-electron chi connectivity index (χ0n) is 19.8. The van der Waals surface area contributed by atoms with E-state index in [-0.39, 0.29) is 29.3 Å². The van der Waals surface area contributed by atoms with Gasteiger partial charge in [0.1, 0.15) is 0 Å². The first-order valence-corrected chi connectivity index (χ1v) is 10.8. The molecule has 1 aliphatic rings. The minimum absolute atomic E-state index is 0.0433. The molecule has 2 atom stereocenters. The molecule has 0 saturated carbocycles. The summed E-state index contributed by atoms with van der Waals surface area (Å²) in [6, 6.07) is 3.56. The summed E-state index contributed by atoms with van der Waals surface area (Å²) in [6.45, 7) is 9.29. The van der Waals surface area contributed by atoms with Crippen LogP contribution in [0.3, 0.4) is 0 Å². The molecule has 0 bridgehead atoms. The fraction of sp³-hybridized carbons (Fsp3) is 0.652. The van der Waals surface area contributed by atoms with E-state index >= 15 is 0 Å². The molecule has 8 heteroatoms. The van der Waals surface area contributed by atoms with E-state index in [9.17, 15) is 9.59 Å². The van der Waals surface area contributed by atoms with Crippen LogP contribution in [-0.2, 0) is 4.79 Å². The Hall–Kier alpha value is -2.64. The van der Waals surface area contributed by atoms with Crippen LogP contribution in [0.1, 0.15) is 52.0 Å². The largest absolute Gasteiger partial charge is 0.493 e. The smallest absolute Gasteiger partial charge is 0.317 e. The number of nitrogens with zero attached hydrogens (tertiary/aromatic N) is 1. The van der Waals surface area contributed by atoms with Gasteiger partial charge in [-0.15, -0.1) is 0 Å². The Labute approximate surface area is 185 Å². The van der Waals surface area contributed by atoms with E-state index in [2.05, 4.69) is 17.6 Å². The fourth-order valence-corrected chi connectivity index (χ4v) is 3.81.